The first-order chi connectivity index (χ1) is 12.0. The minimum Gasteiger partial charge on any atom is -0.306 e. The van der Waals surface area contributed by atoms with Crippen molar-refractivity contribution < 1.29 is 13.2 Å². The van der Waals surface area contributed by atoms with Crippen LogP contribution in [0.4, 0.5) is 11.5 Å². The van der Waals surface area contributed by atoms with Gasteiger partial charge in [0, 0.05) is 18.6 Å². The molecule has 128 valence electrons. The second kappa shape index (κ2) is 7.04. The molecule has 6 nitrogen and oxygen atoms in total. The predicted molar refractivity (Wildman–Crippen MR) is 98.5 cm³/mol. The highest BCUT2D eigenvalue weighted by atomic mass is 32.2. The van der Waals surface area contributed by atoms with Gasteiger partial charge in [-0.2, -0.15) is 0 Å². The number of nitrogens with one attached hydrogen (secondary N) is 1. The van der Waals surface area contributed by atoms with Crippen molar-refractivity contribution in [2.45, 2.75) is 4.90 Å². The lowest BCUT2D eigenvalue weighted by Gasteiger charge is -2.18. The standard InChI is InChI=1S/C17H15N3O3S2/c1-20(13-7-3-2-4-8-13)25(22,23)14-11-15(24-12-14)17(21)19-16-9-5-6-10-18-16/h2-12H,1H3,(H,18,19,21). The molecule has 0 spiro atoms. The minimum absolute atomic E-state index is 0.0787. The molecule has 8 heteroatoms. The highest BCUT2D eigenvalue weighted by Gasteiger charge is 2.24. The Balaban J connectivity index is 1.82. The Bertz CT molecular complexity index is 971. The highest BCUT2D eigenvalue weighted by molar-refractivity contribution is 7.93. The van der Waals surface area contributed by atoms with Crippen LogP contribution in [0, 0.1) is 0 Å². The number of rotatable bonds is 5. The maximum Gasteiger partial charge on any atom is 0.266 e. The first-order valence-electron chi connectivity index (χ1n) is 7.33. The van der Waals surface area contributed by atoms with Gasteiger partial charge >= 0.3 is 0 Å². The van der Waals surface area contributed by atoms with Gasteiger partial charge in [0.05, 0.1) is 15.5 Å². The number of benzene rings is 1. The van der Waals surface area contributed by atoms with Crippen molar-refractivity contribution in [2.75, 3.05) is 16.7 Å². The van der Waals surface area contributed by atoms with Gasteiger partial charge in [0.15, 0.2) is 0 Å². The fraction of sp³-hybridized carbons (Fsp3) is 0.0588. The van der Waals surface area contributed by atoms with E-state index in [0.29, 0.717) is 16.4 Å². The molecule has 0 unspecified atom stereocenters. The van der Waals surface area contributed by atoms with E-state index in [2.05, 4.69) is 10.3 Å². The summed E-state index contributed by atoms with van der Waals surface area (Å²) in [5.41, 5.74) is 0.549. The average molecular weight is 373 g/mol. The molecular weight excluding hydrogens is 358 g/mol. The Labute approximate surface area is 149 Å². The Morgan fingerprint density at radius 1 is 1.12 bits per heavy atom. The van der Waals surface area contributed by atoms with E-state index in [1.54, 1.807) is 48.7 Å². The maximum absolute atomic E-state index is 12.7. The van der Waals surface area contributed by atoms with Gasteiger partial charge in [-0.3, -0.25) is 9.10 Å². The summed E-state index contributed by atoms with van der Waals surface area (Å²) in [5, 5.41) is 4.10. The van der Waals surface area contributed by atoms with Crippen molar-refractivity contribution >= 4 is 38.8 Å². The van der Waals surface area contributed by atoms with Crippen LogP contribution in [-0.4, -0.2) is 26.4 Å². The Morgan fingerprint density at radius 3 is 2.52 bits per heavy atom. The van der Waals surface area contributed by atoms with Gasteiger partial charge in [-0.05, 0) is 30.3 Å². The highest BCUT2D eigenvalue weighted by Crippen LogP contribution is 2.26. The molecule has 0 saturated carbocycles. The molecule has 1 N–H and O–H groups in total. The van der Waals surface area contributed by atoms with Crippen molar-refractivity contribution in [3.05, 3.63) is 71.1 Å². The van der Waals surface area contributed by atoms with E-state index in [1.807, 2.05) is 6.07 Å². The summed E-state index contributed by atoms with van der Waals surface area (Å²) in [5.74, 6) is 0.0132. The minimum atomic E-state index is -3.73. The lowest BCUT2D eigenvalue weighted by atomic mass is 10.3. The van der Waals surface area contributed by atoms with E-state index in [-0.39, 0.29) is 4.90 Å². The van der Waals surface area contributed by atoms with Crippen molar-refractivity contribution in [3.8, 4) is 0 Å². The summed E-state index contributed by atoms with van der Waals surface area (Å²) in [6, 6.07) is 15.3. The third-order valence-corrected chi connectivity index (χ3v) is 6.33. The molecule has 1 amide bonds. The normalized spacial score (nSPS) is 11.1. The molecule has 0 radical (unpaired) electrons. The number of pyridine rings is 1. The van der Waals surface area contributed by atoms with Crippen molar-refractivity contribution in [2.24, 2.45) is 0 Å². The Morgan fingerprint density at radius 2 is 1.84 bits per heavy atom. The monoisotopic (exact) mass is 373 g/mol. The number of nitrogens with zero attached hydrogens (tertiary/aromatic N) is 2. The van der Waals surface area contributed by atoms with E-state index in [1.165, 1.54) is 22.8 Å². The largest absolute Gasteiger partial charge is 0.306 e. The lowest BCUT2D eigenvalue weighted by molar-refractivity contribution is 0.103. The zero-order chi connectivity index (χ0) is 17.9. The smallest absolute Gasteiger partial charge is 0.266 e. The molecule has 2 heterocycles. The van der Waals surface area contributed by atoms with Crippen molar-refractivity contribution in [3.63, 3.8) is 0 Å². The van der Waals surface area contributed by atoms with Crippen LogP contribution in [0.25, 0.3) is 0 Å². The van der Waals surface area contributed by atoms with Gasteiger partial charge < -0.3 is 5.32 Å². The van der Waals surface area contributed by atoms with Gasteiger partial charge in [0.25, 0.3) is 15.9 Å². The predicted octanol–water partition coefficient (Wildman–Crippen LogP) is 3.22. The van der Waals surface area contributed by atoms with Crippen LogP contribution in [0.15, 0.2) is 71.1 Å². The first kappa shape index (κ1) is 17.1. The molecule has 25 heavy (non-hydrogen) atoms. The van der Waals surface area contributed by atoms with Gasteiger partial charge in [-0.1, -0.05) is 24.3 Å². The zero-order valence-electron chi connectivity index (χ0n) is 13.3. The molecule has 0 aliphatic carbocycles. The molecule has 3 aromatic rings. The molecule has 0 atom stereocenters. The third kappa shape index (κ3) is 3.70. The SMILES string of the molecule is CN(c1ccccc1)S(=O)(=O)c1csc(C(=O)Nc2ccccn2)c1. The number of aromatic nitrogens is 1. The van der Waals surface area contributed by atoms with Crippen LogP contribution < -0.4 is 9.62 Å². The summed E-state index contributed by atoms with van der Waals surface area (Å²) in [6.45, 7) is 0. The second-order valence-corrected chi connectivity index (χ2v) is 8.00. The van der Waals surface area contributed by atoms with Crippen molar-refractivity contribution in [1.29, 1.82) is 0 Å². The number of para-hydroxylation sites is 1. The van der Waals surface area contributed by atoms with E-state index >= 15 is 0 Å². The van der Waals surface area contributed by atoms with Crippen molar-refractivity contribution in [1.82, 2.24) is 4.98 Å². The van der Waals surface area contributed by atoms with Gasteiger partial charge in [-0.15, -0.1) is 11.3 Å². The topological polar surface area (TPSA) is 79.4 Å². The molecule has 0 aliphatic rings. The lowest BCUT2D eigenvalue weighted by Crippen LogP contribution is -2.26. The number of anilines is 2. The quantitative estimate of drug-likeness (QED) is 0.745. The number of thiophene rings is 1. The van der Waals surface area contributed by atoms with Crippen LogP contribution in [0.2, 0.25) is 0 Å². The van der Waals surface area contributed by atoms with Crippen LogP contribution >= 0.6 is 11.3 Å². The van der Waals surface area contributed by atoms with E-state index in [9.17, 15) is 13.2 Å². The van der Waals surface area contributed by atoms with Gasteiger partial charge in [0.2, 0.25) is 0 Å². The summed E-state index contributed by atoms with van der Waals surface area (Å²) >= 11 is 1.07. The zero-order valence-corrected chi connectivity index (χ0v) is 14.9. The fourth-order valence-corrected chi connectivity index (χ4v) is 4.47. The molecule has 2 aromatic heterocycles. The summed E-state index contributed by atoms with van der Waals surface area (Å²) in [6.07, 6.45) is 1.56. The molecule has 3 rings (SSSR count). The van der Waals surface area contributed by atoms with Crippen LogP contribution in [0.3, 0.4) is 0 Å². The third-order valence-electron chi connectivity index (χ3n) is 3.48. The van der Waals surface area contributed by atoms with Gasteiger partial charge in [-0.25, -0.2) is 13.4 Å². The fourth-order valence-electron chi connectivity index (χ4n) is 2.12. The molecule has 0 saturated heterocycles. The second-order valence-electron chi connectivity index (χ2n) is 5.12. The molecule has 1 aromatic carbocycles. The molecule has 0 aliphatic heterocycles. The molecule has 0 bridgehead atoms. The summed E-state index contributed by atoms with van der Waals surface area (Å²) in [7, 11) is -2.25. The van der Waals surface area contributed by atoms with E-state index in [4.69, 9.17) is 0 Å². The first-order valence-corrected chi connectivity index (χ1v) is 9.65. The average Bonchev–Trinajstić information content (AvgIpc) is 3.14. The molecule has 0 fully saturated rings. The Hall–Kier alpha value is -2.71. The number of sulfonamides is 1. The number of hydrogen-bond donors (Lipinski definition) is 1. The van der Waals surface area contributed by atoms with E-state index < -0.39 is 15.9 Å². The van der Waals surface area contributed by atoms with Crippen LogP contribution in [0.5, 0.6) is 0 Å². The summed E-state index contributed by atoms with van der Waals surface area (Å²) in [4.78, 5) is 16.6. The van der Waals surface area contributed by atoms with Gasteiger partial charge in [0.1, 0.15) is 5.82 Å². The number of carbonyl (C=O) groups is 1. The number of hydrogen-bond acceptors (Lipinski definition) is 5. The maximum atomic E-state index is 12.7. The summed E-state index contributed by atoms with van der Waals surface area (Å²) < 4.78 is 26.6. The number of carbonyl (C=O) groups excluding carboxylic acids is 1. The molecular formula is C17H15N3O3S2. The van der Waals surface area contributed by atoms with Crippen LogP contribution in [-0.2, 0) is 10.0 Å². The van der Waals surface area contributed by atoms with Crippen LogP contribution in [0.1, 0.15) is 9.67 Å². The van der Waals surface area contributed by atoms with E-state index in [0.717, 1.165) is 11.3 Å². The number of amides is 1. The Kier molecular flexibility index (Phi) is 4.82.